The lowest BCUT2D eigenvalue weighted by Gasteiger charge is -2.18. The molecule has 3 N–H and O–H groups in total. The lowest BCUT2D eigenvalue weighted by Crippen LogP contribution is -2.33. The van der Waals surface area contributed by atoms with Crippen LogP contribution in [0.1, 0.15) is 77.0 Å². The molecule has 0 spiro atoms. The molecule has 66 heavy (non-hydrogen) atoms. The highest BCUT2D eigenvalue weighted by Crippen LogP contribution is 2.15. The van der Waals surface area contributed by atoms with Crippen molar-refractivity contribution in [3.63, 3.8) is 0 Å². The second-order valence-electron chi connectivity index (χ2n) is 14.2. The lowest BCUT2D eigenvalue weighted by atomic mass is 10.3. The van der Waals surface area contributed by atoms with Gasteiger partial charge in [-0.05, 0) is 0 Å². The number of nitrogens with one attached hydrogen (secondary N) is 3. The van der Waals surface area contributed by atoms with Crippen LogP contribution in [0.4, 0.5) is 0 Å². The normalized spacial score (nSPS) is 15.0. The highest BCUT2D eigenvalue weighted by atomic mass is 16.7. The Morgan fingerprint density at radius 3 is 0.955 bits per heavy atom. The van der Waals surface area contributed by atoms with E-state index >= 15 is 0 Å². The van der Waals surface area contributed by atoms with E-state index in [-0.39, 0.29) is 169 Å². The molecule has 3 fully saturated rings. The fourth-order valence-electron chi connectivity index (χ4n) is 5.51. The Balaban J connectivity index is 1.24. The summed E-state index contributed by atoms with van der Waals surface area (Å²) in [6.45, 7) is 1.87. The Kier molecular flexibility index (Phi) is 25.5. The first-order valence-electron chi connectivity index (χ1n) is 21.2. The summed E-state index contributed by atoms with van der Waals surface area (Å²) in [7, 11) is 0. The summed E-state index contributed by atoms with van der Waals surface area (Å²) in [6, 6.07) is 0. The van der Waals surface area contributed by atoms with Gasteiger partial charge in [0, 0.05) is 77.4 Å². The van der Waals surface area contributed by atoms with E-state index in [0.717, 1.165) is 0 Å². The summed E-state index contributed by atoms with van der Waals surface area (Å²) < 4.78 is 33.6. The monoisotopic (exact) mass is 944 g/mol. The fourth-order valence-corrected chi connectivity index (χ4v) is 5.51. The van der Waals surface area contributed by atoms with E-state index < -0.39 is 77.2 Å². The lowest BCUT2D eigenvalue weighted by molar-refractivity contribution is -0.197. The van der Waals surface area contributed by atoms with Gasteiger partial charge in [0.25, 0.3) is 35.4 Å². The number of hydrogen-bond donors (Lipinski definition) is 3. The van der Waals surface area contributed by atoms with Crippen LogP contribution in [0, 0.1) is 0 Å². The highest BCUT2D eigenvalue weighted by molar-refractivity contribution is 6.03. The van der Waals surface area contributed by atoms with Gasteiger partial charge in [-0.15, -0.1) is 15.2 Å². The van der Waals surface area contributed by atoms with Crippen LogP contribution in [0.2, 0.25) is 0 Å². The minimum absolute atomic E-state index is 0.0403. The number of nitrogens with zero attached hydrogens (tertiary/aromatic N) is 3. The minimum atomic E-state index is -0.891. The zero-order chi connectivity index (χ0) is 48.1. The van der Waals surface area contributed by atoms with Crippen molar-refractivity contribution in [3.05, 3.63) is 0 Å². The first-order valence-corrected chi connectivity index (χ1v) is 21.2. The van der Waals surface area contributed by atoms with Crippen LogP contribution in [0.25, 0.3) is 0 Å². The average molecular weight is 945 g/mol. The molecular weight excluding hydrogens is 888 g/mol. The van der Waals surface area contributed by atoms with Crippen LogP contribution in [-0.4, -0.2) is 185 Å². The number of rotatable bonds is 35. The van der Waals surface area contributed by atoms with Crippen molar-refractivity contribution in [2.24, 2.45) is 0 Å². The Morgan fingerprint density at radius 1 is 0.379 bits per heavy atom. The summed E-state index contributed by atoms with van der Waals surface area (Å²) in [5.41, 5.74) is 0. The van der Waals surface area contributed by atoms with Crippen LogP contribution >= 0.6 is 0 Å². The first kappa shape index (κ1) is 54.3. The van der Waals surface area contributed by atoms with Gasteiger partial charge in [0.1, 0.15) is 6.10 Å². The van der Waals surface area contributed by atoms with E-state index in [9.17, 15) is 57.5 Å². The number of hydrogen-bond acceptors (Lipinski definition) is 21. The molecule has 0 atom stereocenters. The molecule has 0 bridgehead atoms. The first-order chi connectivity index (χ1) is 31.7. The van der Waals surface area contributed by atoms with Gasteiger partial charge in [-0.25, -0.2) is 14.4 Å². The largest absolute Gasteiger partial charge is 0.377 e. The fraction of sp³-hybridized carbons (Fsp3) is 0.692. The standard InChI is InChI=1S/C39H56N6O21/c46-28(1-10-37(55)64-43-31(49)4-5-32(43)50)40-13-16-58-19-21-61-25-27(63-24-23-60-18-15-42-30(48)3-12-39(57)66-45-35(53)8-9-36(45)54)26-62-22-20-59-17-14-41-29(47)2-11-38(56)65-44-33(51)6-7-34(44)52/h27H,1-26H2,(H,40,46)(H,41,47)(H,42,48). The number of carbonyl (C=O) groups excluding carboxylic acids is 12. The molecule has 27 heteroatoms. The summed E-state index contributed by atoms with van der Waals surface area (Å²) in [6.07, 6.45) is -2.48. The van der Waals surface area contributed by atoms with Crippen LogP contribution < -0.4 is 16.0 Å². The Hall–Kier alpha value is -6.00. The van der Waals surface area contributed by atoms with Gasteiger partial charge < -0.3 is 58.9 Å². The van der Waals surface area contributed by atoms with Crippen LogP contribution in [0.5, 0.6) is 0 Å². The zero-order valence-electron chi connectivity index (χ0n) is 36.4. The SMILES string of the molecule is O=C(CCC(=O)ON1C(=O)CCC1=O)NCCOCCOCC(COCCOCCNC(=O)CCC(=O)ON1C(=O)CCC1=O)OCCOCCNC(=O)CCC(=O)ON1C(=O)CCC1=O. The number of imide groups is 3. The van der Waals surface area contributed by atoms with E-state index in [1.54, 1.807) is 0 Å². The molecule has 3 aliphatic heterocycles. The molecule has 3 aliphatic rings. The maximum absolute atomic E-state index is 12.1. The maximum Gasteiger partial charge on any atom is 0.333 e. The van der Waals surface area contributed by atoms with Crippen molar-refractivity contribution in [2.45, 2.75) is 83.2 Å². The molecule has 0 aliphatic carbocycles. The van der Waals surface area contributed by atoms with Crippen molar-refractivity contribution in [1.82, 2.24) is 31.1 Å². The number of hydroxylamine groups is 6. The molecular formula is C39H56N6O21. The molecule has 0 aromatic heterocycles. The van der Waals surface area contributed by atoms with E-state index in [0.29, 0.717) is 15.2 Å². The third-order valence-corrected chi connectivity index (χ3v) is 8.90. The van der Waals surface area contributed by atoms with Gasteiger partial charge in [-0.3, -0.25) is 43.2 Å². The van der Waals surface area contributed by atoms with Crippen molar-refractivity contribution in [3.8, 4) is 0 Å². The van der Waals surface area contributed by atoms with Gasteiger partial charge in [-0.1, -0.05) is 0 Å². The Labute approximate surface area is 377 Å². The maximum atomic E-state index is 12.1. The molecule has 27 nitrogen and oxygen atoms in total. The molecule has 3 rings (SSSR count). The molecule has 9 amide bonds. The van der Waals surface area contributed by atoms with E-state index in [1.807, 2.05) is 0 Å². The zero-order valence-corrected chi connectivity index (χ0v) is 36.4. The van der Waals surface area contributed by atoms with Gasteiger partial charge in [-0.2, -0.15) is 0 Å². The highest BCUT2D eigenvalue weighted by Gasteiger charge is 2.35. The molecule has 368 valence electrons. The van der Waals surface area contributed by atoms with Crippen molar-refractivity contribution in [2.75, 3.05) is 92.3 Å². The molecule has 0 saturated carbocycles. The average Bonchev–Trinajstić information content (AvgIpc) is 3.90. The van der Waals surface area contributed by atoms with Crippen molar-refractivity contribution >= 4 is 71.1 Å². The summed E-state index contributed by atoms with van der Waals surface area (Å²) in [5, 5.41) is 8.95. The number of ether oxygens (including phenoxy) is 6. The Bertz CT molecular complexity index is 1600. The molecule has 0 aromatic rings. The van der Waals surface area contributed by atoms with Crippen LogP contribution in [-0.2, 0) is 100 Å². The topological polar surface area (TPSA) is 334 Å². The third-order valence-electron chi connectivity index (χ3n) is 8.90. The van der Waals surface area contributed by atoms with E-state index in [2.05, 4.69) is 16.0 Å². The van der Waals surface area contributed by atoms with Crippen LogP contribution in [0.15, 0.2) is 0 Å². The van der Waals surface area contributed by atoms with Gasteiger partial charge in [0.05, 0.1) is 91.9 Å². The van der Waals surface area contributed by atoms with Gasteiger partial charge in [0.2, 0.25) is 17.7 Å². The quantitative estimate of drug-likeness (QED) is 0.0420. The van der Waals surface area contributed by atoms with E-state index in [4.69, 9.17) is 42.9 Å². The van der Waals surface area contributed by atoms with E-state index in [1.165, 1.54) is 0 Å². The van der Waals surface area contributed by atoms with Gasteiger partial charge >= 0.3 is 17.9 Å². The predicted molar refractivity (Wildman–Crippen MR) is 212 cm³/mol. The molecule has 0 unspecified atom stereocenters. The molecule has 0 aromatic carbocycles. The smallest absolute Gasteiger partial charge is 0.333 e. The van der Waals surface area contributed by atoms with Gasteiger partial charge in [0.15, 0.2) is 0 Å². The molecule has 0 radical (unpaired) electrons. The Morgan fingerprint density at radius 2 is 0.652 bits per heavy atom. The second kappa shape index (κ2) is 31.0. The number of amides is 9. The third kappa shape index (κ3) is 22.3. The minimum Gasteiger partial charge on any atom is -0.377 e. The summed E-state index contributed by atoms with van der Waals surface area (Å²) in [5.74, 6) is -7.76. The molecule has 3 heterocycles. The molecule has 3 saturated heterocycles. The van der Waals surface area contributed by atoms with Crippen molar-refractivity contribution < 1.29 is 100 Å². The summed E-state index contributed by atoms with van der Waals surface area (Å²) >= 11 is 0. The predicted octanol–water partition coefficient (Wildman–Crippen LogP) is -3.03. The van der Waals surface area contributed by atoms with Crippen LogP contribution in [0.3, 0.4) is 0 Å². The number of carbonyl (C=O) groups is 12. The summed E-state index contributed by atoms with van der Waals surface area (Å²) in [4.78, 5) is 155. The second-order valence-corrected chi connectivity index (χ2v) is 14.2. The van der Waals surface area contributed by atoms with Crippen molar-refractivity contribution in [1.29, 1.82) is 0 Å².